The van der Waals surface area contributed by atoms with Crippen molar-refractivity contribution in [1.82, 2.24) is 19.7 Å². The maximum Gasteiger partial charge on any atom is 0.149 e. The first kappa shape index (κ1) is 13.7. The van der Waals surface area contributed by atoms with E-state index >= 15 is 0 Å². The second-order valence-electron chi connectivity index (χ2n) is 4.84. The van der Waals surface area contributed by atoms with Gasteiger partial charge in [0.15, 0.2) is 0 Å². The van der Waals surface area contributed by atoms with Gasteiger partial charge in [-0.25, -0.2) is 9.97 Å². The van der Waals surface area contributed by atoms with E-state index in [0.717, 1.165) is 30.1 Å². The van der Waals surface area contributed by atoms with Gasteiger partial charge in [0.2, 0.25) is 0 Å². The maximum atomic E-state index is 6.04. The lowest BCUT2D eigenvalue weighted by Gasteiger charge is -2.09. The molecule has 0 aliphatic rings. The Morgan fingerprint density at radius 1 is 1.26 bits per heavy atom. The first-order valence-electron chi connectivity index (χ1n) is 6.66. The molecule has 0 fully saturated rings. The van der Waals surface area contributed by atoms with E-state index in [0.29, 0.717) is 6.54 Å². The average Bonchev–Trinajstić information content (AvgIpc) is 2.67. The summed E-state index contributed by atoms with van der Waals surface area (Å²) in [5.74, 6) is 0.777. The van der Waals surface area contributed by atoms with Crippen LogP contribution in [0.5, 0.6) is 0 Å². The molecular formula is C14H21N5. The van der Waals surface area contributed by atoms with Gasteiger partial charge in [-0.3, -0.25) is 4.68 Å². The number of nitrogens with zero attached hydrogens (tertiary/aromatic N) is 4. The van der Waals surface area contributed by atoms with Crippen molar-refractivity contribution in [2.45, 2.75) is 46.2 Å². The third kappa shape index (κ3) is 3.17. The summed E-state index contributed by atoms with van der Waals surface area (Å²) >= 11 is 0. The quantitative estimate of drug-likeness (QED) is 0.885. The normalized spacial score (nSPS) is 12.6. The average molecular weight is 259 g/mol. The largest absolute Gasteiger partial charge is 0.327 e. The summed E-state index contributed by atoms with van der Waals surface area (Å²) < 4.78 is 1.96. The van der Waals surface area contributed by atoms with E-state index < -0.39 is 0 Å². The van der Waals surface area contributed by atoms with Crippen molar-refractivity contribution < 1.29 is 0 Å². The zero-order valence-corrected chi connectivity index (χ0v) is 11.8. The van der Waals surface area contributed by atoms with E-state index in [-0.39, 0.29) is 6.04 Å². The predicted octanol–water partition coefficient (Wildman–Crippen LogP) is 1.62. The Morgan fingerprint density at radius 2 is 1.95 bits per heavy atom. The number of aromatic nitrogens is 4. The van der Waals surface area contributed by atoms with Crippen LogP contribution in [0.4, 0.5) is 0 Å². The van der Waals surface area contributed by atoms with E-state index in [9.17, 15) is 0 Å². The monoisotopic (exact) mass is 259 g/mol. The minimum atomic E-state index is 0.197. The fourth-order valence-corrected chi connectivity index (χ4v) is 2.14. The fourth-order valence-electron chi connectivity index (χ4n) is 2.14. The molecule has 1 unspecified atom stereocenters. The Kier molecular flexibility index (Phi) is 4.27. The van der Waals surface area contributed by atoms with Crippen LogP contribution < -0.4 is 5.73 Å². The van der Waals surface area contributed by atoms with Crippen LogP contribution in [0.1, 0.15) is 36.1 Å². The van der Waals surface area contributed by atoms with Crippen LogP contribution in [0.25, 0.3) is 0 Å². The van der Waals surface area contributed by atoms with Gasteiger partial charge in [0.1, 0.15) is 12.4 Å². The molecule has 5 nitrogen and oxygen atoms in total. The zero-order chi connectivity index (χ0) is 13.8. The molecule has 0 amide bonds. The third-order valence-corrected chi connectivity index (χ3v) is 3.43. The van der Waals surface area contributed by atoms with Gasteiger partial charge < -0.3 is 5.73 Å². The van der Waals surface area contributed by atoms with Gasteiger partial charge in [-0.15, -0.1) is 0 Å². The number of rotatable bonds is 5. The zero-order valence-electron chi connectivity index (χ0n) is 11.8. The molecule has 0 aromatic carbocycles. The molecule has 0 saturated carbocycles. The molecule has 0 radical (unpaired) electrons. The number of nitrogens with two attached hydrogens (primary N) is 1. The Labute approximate surface area is 113 Å². The summed E-state index contributed by atoms with van der Waals surface area (Å²) in [7, 11) is 0. The smallest absolute Gasteiger partial charge is 0.149 e. The van der Waals surface area contributed by atoms with Crippen molar-refractivity contribution in [3.8, 4) is 0 Å². The van der Waals surface area contributed by atoms with Gasteiger partial charge in [-0.1, -0.05) is 6.92 Å². The summed E-state index contributed by atoms with van der Waals surface area (Å²) in [5, 5.41) is 4.57. The van der Waals surface area contributed by atoms with Crippen LogP contribution in [0.3, 0.4) is 0 Å². The Morgan fingerprint density at radius 3 is 2.58 bits per heavy atom. The molecule has 2 N–H and O–H groups in total. The lowest BCUT2D eigenvalue weighted by Crippen LogP contribution is -2.22. The lowest BCUT2D eigenvalue weighted by atomic mass is 10.0. The molecule has 2 heterocycles. The molecule has 0 spiro atoms. The van der Waals surface area contributed by atoms with Crippen LogP contribution in [0.15, 0.2) is 18.5 Å². The van der Waals surface area contributed by atoms with Gasteiger partial charge in [0.05, 0.1) is 5.69 Å². The van der Waals surface area contributed by atoms with Crippen LogP contribution in [-0.4, -0.2) is 25.8 Å². The summed E-state index contributed by atoms with van der Waals surface area (Å²) in [5.41, 5.74) is 9.51. The summed E-state index contributed by atoms with van der Waals surface area (Å²) in [6.07, 6.45) is 5.36. The molecule has 5 heteroatoms. The predicted molar refractivity (Wildman–Crippen MR) is 74.8 cm³/mol. The number of hydrogen-bond acceptors (Lipinski definition) is 4. The minimum Gasteiger partial charge on any atom is -0.327 e. The molecule has 0 bridgehead atoms. The molecule has 102 valence electrons. The highest BCUT2D eigenvalue weighted by Gasteiger charge is 2.14. The van der Waals surface area contributed by atoms with Crippen molar-refractivity contribution in [3.05, 3.63) is 41.2 Å². The number of aryl methyl sites for hydroxylation is 1. The van der Waals surface area contributed by atoms with Crippen LogP contribution in [0, 0.1) is 13.8 Å². The van der Waals surface area contributed by atoms with Crippen molar-refractivity contribution in [3.63, 3.8) is 0 Å². The van der Waals surface area contributed by atoms with E-state index in [2.05, 4.69) is 28.9 Å². The molecule has 2 aromatic heterocycles. The highest BCUT2D eigenvalue weighted by molar-refractivity contribution is 5.25. The molecule has 19 heavy (non-hydrogen) atoms. The summed E-state index contributed by atoms with van der Waals surface area (Å²) in [4.78, 5) is 8.47. The van der Waals surface area contributed by atoms with E-state index in [1.54, 1.807) is 12.4 Å². The molecule has 0 aliphatic carbocycles. The second kappa shape index (κ2) is 5.93. The van der Waals surface area contributed by atoms with Crippen LogP contribution in [0.2, 0.25) is 0 Å². The molecular weight excluding hydrogens is 238 g/mol. The van der Waals surface area contributed by atoms with Gasteiger partial charge >= 0.3 is 0 Å². The first-order valence-corrected chi connectivity index (χ1v) is 6.66. The first-order chi connectivity index (χ1) is 9.11. The Hall–Kier alpha value is -1.75. The van der Waals surface area contributed by atoms with Crippen molar-refractivity contribution in [1.29, 1.82) is 0 Å². The lowest BCUT2D eigenvalue weighted by molar-refractivity contribution is 0.623. The van der Waals surface area contributed by atoms with E-state index in [1.165, 1.54) is 5.56 Å². The van der Waals surface area contributed by atoms with Gasteiger partial charge in [0.25, 0.3) is 0 Å². The molecule has 2 rings (SSSR count). The SMILES string of the molecule is CCC(N)Cc1c(C)nn(Cc2ncccn2)c1C. The van der Waals surface area contributed by atoms with Crippen molar-refractivity contribution in [2.24, 2.45) is 5.73 Å². The maximum absolute atomic E-state index is 6.04. The second-order valence-corrected chi connectivity index (χ2v) is 4.84. The van der Waals surface area contributed by atoms with Crippen molar-refractivity contribution in [2.75, 3.05) is 0 Å². The number of hydrogen-bond donors (Lipinski definition) is 1. The third-order valence-electron chi connectivity index (χ3n) is 3.43. The van der Waals surface area contributed by atoms with Crippen LogP contribution >= 0.6 is 0 Å². The molecule has 0 saturated heterocycles. The molecule has 0 aliphatic heterocycles. The fraction of sp³-hybridized carbons (Fsp3) is 0.500. The van der Waals surface area contributed by atoms with Crippen molar-refractivity contribution >= 4 is 0 Å². The highest BCUT2D eigenvalue weighted by atomic mass is 15.3. The topological polar surface area (TPSA) is 69.6 Å². The Bertz CT molecular complexity index is 532. The highest BCUT2D eigenvalue weighted by Crippen LogP contribution is 2.16. The van der Waals surface area contributed by atoms with E-state index in [1.807, 2.05) is 17.7 Å². The molecule has 2 aromatic rings. The van der Waals surface area contributed by atoms with Crippen LogP contribution in [-0.2, 0) is 13.0 Å². The minimum absolute atomic E-state index is 0.197. The summed E-state index contributed by atoms with van der Waals surface area (Å²) in [6.45, 7) is 6.83. The standard InChI is InChI=1S/C14H21N5/c1-4-12(15)8-13-10(2)18-19(11(13)3)9-14-16-6-5-7-17-14/h5-7,12H,4,8-9,15H2,1-3H3. The Balaban J connectivity index is 2.21. The summed E-state index contributed by atoms with van der Waals surface area (Å²) in [6, 6.07) is 2.01. The van der Waals surface area contributed by atoms with Gasteiger partial charge in [-0.2, -0.15) is 5.10 Å². The van der Waals surface area contributed by atoms with Gasteiger partial charge in [-0.05, 0) is 38.3 Å². The van der Waals surface area contributed by atoms with Gasteiger partial charge in [0, 0.05) is 24.1 Å². The molecule has 1 atom stereocenters. The van der Waals surface area contributed by atoms with E-state index in [4.69, 9.17) is 5.73 Å².